The van der Waals surface area contributed by atoms with E-state index in [0.717, 1.165) is 29.7 Å². The molecule has 2 amide bonds. The lowest BCUT2D eigenvalue weighted by Gasteiger charge is -2.16. The van der Waals surface area contributed by atoms with Gasteiger partial charge in [0.15, 0.2) is 5.76 Å². The molecule has 3 aromatic rings. The molecule has 2 N–H and O–H groups in total. The molecule has 0 spiro atoms. The van der Waals surface area contributed by atoms with Crippen molar-refractivity contribution in [2.24, 2.45) is 7.05 Å². The first-order valence-corrected chi connectivity index (χ1v) is 11.6. The summed E-state index contributed by atoms with van der Waals surface area (Å²) in [7, 11) is 6.03. The largest absolute Gasteiger partial charge is 0.490 e. The average molecular weight is 479 g/mol. The highest BCUT2D eigenvalue weighted by Crippen LogP contribution is 2.42. The molecular weight excluding hydrogens is 454 g/mol. The molecule has 8 heteroatoms. The maximum Gasteiger partial charge on any atom is 0.259 e. The van der Waals surface area contributed by atoms with Crippen LogP contribution in [0.3, 0.4) is 0 Å². The van der Waals surface area contributed by atoms with Crippen LogP contribution >= 0.6 is 11.6 Å². The topological polar surface area (TPSA) is 81.8 Å². The second-order valence-electron chi connectivity index (χ2n) is 9.02. The fourth-order valence-corrected chi connectivity index (χ4v) is 5.06. The number of rotatable bonds is 6. The molecule has 5 rings (SSSR count). The predicted octanol–water partition coefficient (Wildman–Crippen LogP) is 2.40. The molecule has 1 aliphatic heterocycles. The number of aryl methyl sites for hydroxylation is 1. The van der Waals surface area contributed by atoms with E-state index in [1.807, 2.05) is 35.9 Å². The molecule has 2 aliphatic rings. The van der Waals surface area contributed by atoms with E-state index < -0.39 is 11.8 Å². The smallest absolute Gasteiger partial charge is 0.259 e. The van der Waals surface area contributed by atoms with Gasteiger partial charge in [-0.2, -0.15) is 0 Å². The minimum Gasteiger partial charge on any atom is -0.490 e. The normalized spacial score (nSPS) is 15.0. The van der Waals surface area contributed by atoms with E-state index >= 15 is 0 Å². The number of nitrogens with one attached hydrogen (secondary N) is 2. The lowest BCUT2D eigenvalue weighted by Crippen LogP contribution is -3.05. The summed E-state index contributed by atoms with van der Waals surface area (Å²) < 4.78 is 7.77. The predicted molar refractivity (Wildman–Crippen MR) is 130 cm³/mol. The number of ketones is 1. The van der Waals surface area contributed by atoms with Crippen molar-refractivity contribution in [2.45, 2.75) is 12.8 Å². The molecule has 0 saturated carbocycles. The van der Waals surface area contributed by atoms with E-state index in [-0.39, 0.29) is 12.2 Å². The molecule has 1 aliphatic carbocycles. The van der Waals surface area contributed by atoms with Gasteiger partial charge in [0.05, 0.1) is 38.4 Å². The summed E-state index contributed by atoms with van der Waals surface area (Å²) >= 11 is 6.46. The number of hydrogen-bond acceptors (Lipinski definition) is 4. The van der Waals surface area contributed by atoms with Crippen molar-refractivity contribution in [2.75, 3.05) is 27.2 Å². The number of ether oxygens (including phenoxy) is 1. The van der Waals surface area contributed by atoms with Crippen molar-refractivity contribution in [3.8, 4) is 11.1 Å². The van der Waals surface area contributed by atoms with E-state index in [4.69, 9.17) is 16.3 Å². The van der Waals surface area contributed by atoms with Crippen LogP contribution in [0.1, 0.15) is 38.4 Å². The van der Waals surface area contributed by atoms with Gasteiger partial charge in [-0.3, -0.25) is 19.7 Å². The van der Waals surface area contributed by atoms with Gasteiger partial charge < -0.3 is 14.2 Å². The second kappa shape index (κ2) is 8.42. The number of hydrogen-bond donors (Lipinski definition) is 2. The molecule has 0 unspecified atom stereocenters. The van der Waals surface area contributed by atoms with Crippen molar-refractivity contribution in [1.82, 2.24) is 9.88 Å². The number of fused-ring (bicyclic) bond motifs is 5. The maximum atomic E-state index is 12.9. The Morgan fingerprint density at radius 1 is 1.09 bits per heavy atom. The van der Waals surface area contributed by atoms with Crippen LogP contribution in [0.25, 0.3) is 28.1 Å². The first kappa shape index (κ1) is 22.4. The zero-order chi connectivity index (χ0) is 24.1. The van der Waals surface area contributed by atoms with E-state index in [9.17, 15) is 14.4 Å². The summed E-state index contributed by atoms with van der Waals surface area (Å²) in [6.07, 6.45) is 2.70. The zero-order valence-electron chi connectivity index (χ0n) is 19.3. The fourth-order valence-electron chi connectivity index (χ4n) is 4.83. The Hall–Kier alpha value is -3.42. The van der Waals surface area contributed by atoms with Gasteiger partial charge in [0.25, 0.3) is 11.8 Å². The molecule has 0 radical (unpaired) electrons. The number of carbonyl (C=O) groups is 3. The summed E-state index contributed by atoms with van der Waals surface area (Å²) in [4.78, 5) is 40.0. The quantitative estimate of drug-likeness (QED) is 0.421. The Labute approximate surface area is 201 Å². The number of amides is 2. The lowest BCUT2D eigenvalue weighted by atomic mass is 9.90. The van der Waals surface area contributed by atoms with Crippen molar-refractivity contribution in [1.29, 1.82) is 0 Å². The van der Waals surface area contributed by atoms with Gasteiger partial charge in [-0.25, -0.2) is 0 Å². The van der Waals surface area contributed by atoms with Gasteiger partial charge in [-0.05, 0) is 23.3 Å². The summed E-state index contributed by atoms with van der Waals surface area (Å²) in [5, 5.41) is 3.54. The summed E-state index contributed by atoms with van der Waals surface area (Å²) in [6, 6.07) is 9.11. The SMILES string of the molecule is Cn1c2c(c3c4c(c(-c5ccccc5Cl)cc31)C(=O)NC4=O)CC(=O)C(OCCC[NH+](C)C)=C2. The number of quaternary nitrogens is 1. The number of nitrogens with zero attached hydrogens (tertiary/aromatic N) is 1. The minimum absolute atomic E-state index is 0.108. The number of Topliss-reactive ketones (excluding diaryl/α,β-unsaturated/α-hetero) is 1. The van der Waals surface area contributed by atoms with Crippen molar-refractivity contribution < 1.29 is 24.0 Å². The first-order valence-electron chi connectivity index (χ1n) is 11.2. The van der Waals surface area contributed by atoms with Crippen LogP contribution in [-0.4, -0.2) is 49.4 Å². The second-order valence-corrected chi connectivity index (χ2v) is 9.43. The number of halogens is 1. The van der Waals surface area contributed by atoms with Crippen molar-refractivity contribution >= 4 is 46.2 Å². The van der Waals surface area contributed by atoms with E-state index in [0.29, 0.717) is 45.0 Å². The van der Waals surface area contributed by atoms with Gasteiger partial charge in [0.1, 0.15) is 0 Å². The number of aromatic nitrogens is 1. The highest BCUT2D eigenvalue weighted by molar-refractivity contribution is 6.35. The molecule has 0 saturated heterocycles. The summed E-state index contributed by atoms with van der Waals surface area (Å²) in [5.74, 6) is -0.724. The monoisotopic (exact) mass is 478 g/mol. The van der Waals surface area contributed by atoms with Crippen LogP contribution in [0.4, 0.5) is 0 Å². The molecule has 34 heavy (non-hydrogen) atoms. The third-order valence-corrected chi connectivity index (χ3v) is 6.77. The van der Waals surface area contributed by atoms with E-state index in [1.165, 1.54) is 4.90 Å². The Kier molecular flexibility index (Phi) is 5.54. The van der Waals surface area contributed by atoms with E-state index in [2.05, 4.69) is 19.4 Å². The van der Waals surface area contributed by atoms with Crippen molar-refractivity contribution in [3.63, 3.8) is 0 Å². The van der Waals surface area contributed by atoms with Gasteiger partial charge in [0.2, 0.25) is 5.78 Å². The highest BCUT2D eigenvalue weighted by atomic mass is 35.5. The standard InChI is InChI=1S/C26H24ClN3O4/c1-29(2)9-6-10-34-21-13-18-16(12-20(21)31)22-19(30(18)3)11-15(14-7-4-5-8-17(14)27)23-24(22)26(33)28-25(23)32/h4-5,7-8,11,13H,6,9-10,12H2,1-3H3,(H,28,32,33)/p+1. The summed E-state index contributed by atoms with van der Waals surface area (Å²) in [6.45, 7) is 1.41. The maximum absolute atomic E-state index is 12.9. The molecule has 1 aromatic heterocycles. The molecule has 0 fully saturated rings. The number of allylic oxidation sites excluding steroid dienone is 1. The van der Waals surface area contributed by atoms with E-state index in [1.54, 1.807) is 12.1 Å². The molecule has 2 heterocycles. The van der Waals surface area contributed by atoms with Crippen LogP contribution in [-0.2, 0) is 23.0 Å². The molecule has 7 nitrogen and oxygen atoms in total. The minimum atomic E-state index is -0.461. The third kappa shape index (κ3) is 3.52. The number of imide groups is 1. The Morgan fingerprint density at radius 3 is 2.56 bits per heavy atom. The number of benzene rings is 2. The zero-order valence-corrected chi connectivity index (χ0v) is 20.0. The first-order chi connectivity index (χ1) is 16.3. The Morgan fingerprint density at radius 2 is 1.82 bits per heavy atom. The number of carbonyl (C=O) groups excluding carboxylic acids is 3. The third-order valence-electron chi connectivity index (χ3n) is 6.44. The van der Waals surface area contributed by atoms with Crippen LogP contribution < -0.4 is 10.2 Å². The molecular formula is C26H25ClN3O4+. The van der Waals surface area contributed by atoms with Crippen LogP contribution in [0, 0.1) is 0 Å². The molecule has 174 valence electrons. The van der Waals surface area contributed by atoms with Crippen LogP contribution in [0.15, 0.2) is 36.1 Å². The molecule has 0 bridgehead atoms. The van der Waals surface area contributed by atoms with Crippen LogP contribution in [0.2, 0.25) is 5.02 Å². The highest BCUT2D eigenvalue weighted by Gasteiger charge is 2.37. The Balaban J connectivity index is 1.69. The van der Waals surface area contributed by atoms with Crippen molar-refractivity contribution in [3.05, 3.63) is 63.5 Å². The lowest BCUT2D eigenvalue weighted by molar-refractivity contribution is -0.858. The molecule has 0 atom stereocenters. The van der Waals surface area contributed by atoms with Gasteiger partial charge in [0, 0.05) is 53.1 Å². The van der Waals surface area contributed by atoms with Gasteiger partial charge in [-0.1, -0.05) is 29.8 Å². The average Bonchev–Trinajstić information content (AvgIpc) is 3.24. The van der Waals surface area contributed by atoms with Gasteiger partial charge >= 0.3 is 0 Å². The Bertz CT molecular complexity index is 1420. The van der Waals surface area contributed by atoms with Gasteiger partial charge in [-0.15, -0.1) is 0 Å². The van der Waals surface area contributed by atoms with Crippen LogP contribution in [0.5, 0.6) is 0 Å². The summed E-state index contributed by atoms with van der Waals surface area (Å²) in [5.41, 5.74) is 4.15. The molecule has 2 aromatic carbocycles. The fraction of sp³-hybridized carbons (Fsp3) is 0.269.